The van der Waals surface area contributed by atoms with Crippen molar-refractivity contribution in [2.75, 3.05) is 13.1 Å². The van der Waals surface area contributed by atoms with E-state index in [1.54, 1.807) is 12.5 Å². The predicted octanol–water partition coefficient (Wildman–Crippen LogP) is 1.42. The Labute approximate surface area is 113 Å². The van der Waals surface area contributed by atoms with Crippen molar-refractivity contribution in [2.45, 2.75) is 19.3 Å². The van der Waals surface area contributed by atoms with Gasteiger partial charge in [0.2, 0.25) is 0 Å². The van der Waals surface area contributed by atoms with E-state index >= 15 is 0 Å². The first kappa shape index (κ1) is 12.3. The van der Waals surface area contributed by atoms with E-state index in [0.29, 0.717) is 5.92 Å². The van der Waals surface area contributed by atoms with Gasteiger partial charge in [-0.25, -0.2) is 15.0 Å². The van der Waals surface area contributed by atoms with Gasteiger partial charge in [-0.2, -0.15) is 0 Å². The van der Waals surface area contributed by atoms with Crippen molar-refractivity contribution in [3.63, 3.8) is 0 Å². The van der Waals surface area contributed by atoms with Crippen LogP contribution in [0.4, 0.5) is 0 Å². The zero-order chi connectivity index (χ0) is 13.1. The average Bonchev–Trinajstić information content (AvgIpc) is 2.86. The molecule has 1 N–H and O–H groups in total. The molecule has 0 amide bonds. The predicted molar refractivity (Wildman–Crippen MR) is 73.5 cm³/mol. The van der Waals surface area contributed by atoms with E-state index in [4.69, 9.17) is 0 Å². The van der Waals surface area contributed by atoms with Crippen LogP contribution in [-0.4, -0.2) is 32.6 Å². The van der Waals surface area contributed by atoms with E-state index in [-0.39, 0.29) is 0 Å². The summed E-state index contributed by atoms with van der Waals surface area (Å²) in [6.45, 7) is 2.25. The Morgan fingerprint density at radius 1 is 1.37 bits per heavy atom. The van der Waals surface area contributed by atoms with Crippen molar-refractivity contribution in [1.82, 2.24) is 24.8 Å². The third-order valence-electron chi connectivity index (χ3n) is 3.67. The maximum atomic E-state index is 4.40. The molecule has 0 aromatic carbocycles. The molecule has 19 heavy (non-hydrogen) atoms. The van der Waals surface area contributed by atoms with Gasteiger partial charge in [-0.1, -0.05) is 0 Å². The smallest absolute Gasteiger partial charge is 0.158 e. The fourth-order valence-electron chi connectivity index (χ4n) is 2.64. The minimum Gasteiger partial charge on any atom is -0.333 e. The fourth-order valence-corrected chi connectivity index (χ4v) is 2.64. The summed E-state index contributed by atoms with van der Waals surface area (Å²) in [5, 5.41) is 3.45. The lowest BCUT2D eigenvalue weighted by atomic mass is 9.94. The van der Waals surface area contributed by atoms with E-state index in [9.17, 15) is 0 Å². The van der Waals surface area contributed by atoms with Gasteiger partial charge in [-0.15, -0.1) is 0 Å². The van der Waals surface area contributed by atoms with Gasteiger partial charge < -0.3 is 9.88 Å². The molecule has 3 rings (SSSR count). The monoisotopic (exact) mass is 257 g/mol. The van der Waals surface area contributed by atoms with Crippen molar-refractivity contribution >= 4 is 0 Å². The molecule has 1 unspecified atom stereocenters. The van der Waals surface area contributed by atoms with Gasteiger partial charge in [0, 0.05) is 25.1 Å². The number of hydrogen-bond acceptors (Lipinski definition) is 4. The SMILES string of the molecule is Cn1ccnc1-c1cc(CC2CCCNC2)ncn1. The molecule has 1 fully saturated rings. The van der Waals surface area contributed by atoms with Gasteiger partial charge >= 0.3 is 0 Å². The maximum Gasteiger partial charge on any atom is 0.158 e. The van der Waals surface area contributed by atoms with Gasteiger partial charge in [-0.05, 0) is 44.3 Å². The number of aromatic nitrogens is 4. The Morgan fingerprint density at radius 2 is 2.32 bits per heavy atom. The quantitative estimate of drug-likeness (QED) is 0.903. The van der Waals surface area contributed by atoms with E-state index in [1.807, 2.05) is 17.8 Å². The second-order valence-corrected chi connectivity index (χ2v) is 5.17. The molecule has 1 aliphatic rings. The highest BCUT2D eigenvalue weighted by Gasteiger charge is 2.15. The highest BCUT2D eigenvalue weighted by molar-refractivity contribution is 5.49. The average molecular weight is 257 g/mol. The summed E-state index contributed by atoms with van der Waals surface area (Å²) in [5.41, 5.74) is 2.02. The maximum absolute atomic E-state index is 4.40. The number of aryl methyl sites for hydroxylation is 1. The summed E-state index contributed by atoms with van der Waals surface area (Å²) in [7, 11) is 1.98. The topological polar surface area (TPSA) is 55.6 Å². The molecule has 1 aliphatic heterocycles. The van der Waals surface area contributed by atoms with E-state index < -0.39 is 0 Å². The number of nitrogens with zero attached hydrogens (tertiary/aromatic N) is 4. The lowest BCUT2D eigenvalue weighted by molar-refractivity contribution is 0.373. The number of nitrogens with one attached hydrogen (secondary N) is 1. The minimum atomic E-state index is 0.692. The first-order chi connectivity index (χ1) is 9.33. The fraction of sp³-hybridized carbons (Fsp3) is 0.500. The van der Waals surface area contributed by atoms with Crippen LogP contribution in [0.15, 0.2) is 24.8 Å². The third-order valence-corrected chi connectivity index (χ3v) is 3.67. The van der Waals surface area contributed by atoms with Crippen LogP contribution in [-0.2, 0) is 13.5 Å². The Bertz CT molecular complexity index is 542. The molecule has 1 atom stereocenters. The van der Waals surface area contributed by atoms with Gasteiger partial charge in [-0.3, -0.25) is 0 Å². The first-order valence-corrected chi connectivity index (χ1v) is 6.82. The lowest BCUT2D eigenvalue weighted by Gasteiger charge is -2.22. The summed E-state index contributed by atoms with van der Waals surface area (Å²) in [5.74, 6) is 1.59. The zero-order valence-corrected chi connectivity index (χ0v) is 11.2. The van der Waals surface area contributed by atoms with Gasteiger partial charge in [0.05, 0.1) is 0 Å². The second kappa shape index (κ2) is 5.48. The van der Waals surface area contributed by atoms with Gasteiger partial charge in [0.25, 0.3) is 0 Å². The molecule has 0 bridgehead atoms. The molecular weight excluding hydrogens is 238 g/mol. The summed E-state index contributed by atoms with van der Waals surface area (Å²) < 4.78 is 1.98. The highest BCUT2D eigenvalue weighted by atomic mass is 15.1. The molecule has 0 radical (unpaired) electrons. The van der Waals surface area contributed by atoms with Crippen molar-refractivity contribution in [1.29, 1.82) is 0 Å². The molecule has 0 spiro atoms. The summed E-state index contributed by atoms with van der Waals surface area (Å²) in [6, 6.07) is 2.07. The molecule has 100 valence electrons. The van der Waals surface area contributed by atoms with Crippen LogP contribution in [0, 0.1) is 5.92 Å². The van der Waals surface area contributed by atoms with Gasteiger partial charge in [0.15, 0.2) is 5.82 Å². The molecule has 2 aromatic rings. The van der Waals surface area contributed by atoms with E-state index in [2.05, 4.69) is 26.3 Å². The molecule has 2 aromatic heterocycles. The van der Waals surface area contributed by atoms with Crippen molar-refractivity contribution < 1.29 is 0 Å². The van der Waals surface area contributed by atoms with Crippen molar-refractivity contribution in [3.8, 4) is 11.5 Å². The molecule has 0 aliphatic carbocycles. The number of rotatable bonds is 3. The molecule has 5 heteroatoms. The molecule has 3 heterocycles. The van der Waals surface area contributed by atoms with E-state index in [1.165, 1.54) is 12.8 Å². The van der Waals surface area contributed by atoms with Crippen LogP contribution in [0.5, 0.6) is 0 Å². The summed E-state index contributed by atoms with van der Waals surface area (Å²) >= 11 is 0. The molecular formula is C14H19N5. The van der Waals surface area contributed by atoms with E-state index in [0.717, 1.165) is 36.7 Å². The normalized spacial score (nSPS) is 19.5. The Hall–Kier alpha value is -1.75. The van der Waals surface area contributed by atoms with Crippen molar-refractivity contribution in [3.05, 3.63) is 30.5 Å². The van der Waals surface area contributed by atoms with Crippen molar-refractivity contribution in [2.24, 2.45) is 13.0 Å². The number of piperidine rings is 1. The Morgan fingerprint density at radius 3 is 3.05 bits per heavy atom. The standard InChI is InChI=1S/C14H19N5/c1-19-6-5-16-14(19)13-8-12(17-10-18-13)7-11-3-2-4-15-9-11/h5-6,8,10-11,15H,2-4,7,9H2,1H3. The minimum absolute atomic E-state index is 0.692. The molecule has 5 nitrogen and oxygen atoms in total. The van der Waals surface area contributed by atoms with Crippen LogP contribution in [0.25, 0.3) is 11.5 Å². The summed E-state index contributed by atoms with van der Waals surface area (Å²) in [6.07, 6.45) is 8.95. The molecule has 1 saturated heterocycles. The second-order valence-electron chi connectivity index (χ2n) is 5.17. The van der Waals surface area contributed by atoms with Crippen LogP contribution in [0.3, 0.4) is 0 Å². The largest absolute Gasteiger partial charge is 0.333 e. The first-order valence-electron chi connectivity index (χ1n) is 6.82. The number of hydrogen-bond donors (Lipinski definition) is 1. The van der Waals surface area contributed by atoms with Crippen LogP contribution in [0.1, 0.15) is 18.5 Å². The van der Waals surface area contributed by atoms with Crippen LogP contribution >= 0.6 is 0 Å². The zero-order valence-electron chi connectivity index (χ0n) is 11.2. The lowest BCUT2D eigenvalue weighted by Crippen LogP contribution is -2.31. The Balaban J connectivity index is 1.78. The molecule has 0 saturated carbocycles. The number of imidazole rings is 1. The highest BCUT2D eigenvalue weighted by Crippen LogP contribution is 2.18. The van der Waals surface area contributed by atoms with Crippen LogP contribution in [0.2, 0.25) is 0 Å². The van der Waals surface area contributed by atoms with Gasteiger partial charge in [0.1, 0.15) is 12.0 Å². The Kier molecular flexibility index (Phi) is 3.55. The summed E-state index contributed by atoms with van der Waals surface area (Å²) in [4.78, 5) is 13.1. The third kappa shape index (κ3) is 2.81. The van der Waals surface area contributed by atoms with Crippen LogP contribution < -0.4 is 5.32 Å².